The molecular weight excluding hydrogens is 224 g/mol. The predicted molar refractivity (Wildman–Crippen MR) is 74.6 cm³/mol. The van der Waals surface area contributed by atoms with E-state index in [0.29, 0.717) is 6.04 Å². The highest BCUT2D eigenvalue weighted by atomic mass is 15.2. The van der Waals surface area contributed by atoms with Gasteiger partial charge in [0.25, 0.3) is 0 Å². The van der Waals surface area contributed by atoms with Crippen molar-refractivity contribution in [1.29, 1.82) is 0 Å². The van der Waals surface area contributed by atoms with Gasteiger partial charge in [-0.2, -0.15) is 0 Å². The van der Waals surface area contributed by atoms with Gasteiger partial charge in [0.15, 0.2) is 0 Å². The molecule has 4 heteroatoms. The molecule has 0 unspecified atom stereocenters. The van der Waals surface area contributed by atoms with Gasteiger partial charge in [0.1, 0.15) is 5.82 Å². The highest BCUT2D eigenvalue weighted by molar-refractivity contribution is 5.37. The molecule has 1 fully saturated rings. The zero-order chi connectivity index (χ0) is 12.8. The molecule has 18 heavy (non-hydrogen) atoms. The lowest BCUT2D eigenvalue weighted by Crippen LogP contribution is -2.26. The molecular formula is C14H22N4. The molecule has 1 aromatic heterocycles. The maximum absolute atomic E-state index is 4.66. The molecule has 0 aliphatic heterocycles. The van der Waals surface area contributed by atoms with Crippen molar-refractivity contribution in [3.8, 4) is 0 Å². The van der Waals surface area contributed by atoms with E-state index in [1.165, 1.54) is 12.8 Å². The van der Waals surface area contributed by atoms with Crippen molar-refractivity contribution in [2.45, 2.75) is 38.8 Å². The van der Waals surface area contributed by atoms with Crippen molar-refractivity contribution < 1.29 is 0 Å². The SMILES string of the molecule is C=CCN(CCC)c1cncc(CNC2CC2)n1. The topological polar surface area (TPSA) is 41.1 Å². The lowest BCUT2D eigenvalue weighted by molar-refractivity contribution is 0.669. The number of aromatic nitrogens is 2. The maximum Gasteiger partial charge on any atom is 0.147 e. The summed E-state index contributed by atoms with van der Waals surface area (Å²) in [5.74, 6) is 0.951. The highest BCUT2D eigenvalue weighted by Gasteiger charge is 2.20. The molecule has 1 saturated carbocycles. The number of nitrogens with one attached hydrogen (secondary N) is 1. The smallest absolute Gasteiger partial charge is 0.147 e. The molecule has 0 atom stereocenters. The van der Waals surface area contributed by atoms with E-state index in [9.17, 15) is 0 Å². The standard InChI is InChI=1S/C14H22N4/c1-3-7-18(8-4-2)14-11-15-9-13(17-14)10-16-12-5-6-12/h3,9,11-12,16H,1,4-8,10H2,2H3. The minimum atomic E-state index is 0.704. The summed E-state index contributed by atoms with van der Waals surface area (Å²) < 4.78 is 0. The Labute approximate surface area is 109 Å². The molecule has 0 amide bonds. The van der Waals surface area contributed by atoms with Crippen molar-refractivity contribution in [2.75, 3.05) is 18.0 Å². The monoisotopic (exact) mass is 246 g/mol. The minimum absolute atomic E-state index is 0.704. The number of hydrogen-bond acceptors (Lipinski definition) is 4. The van der Waals surface area contributed by atoms with Crippen LogP contribution >= 0.6 is 0 Å². The number of anilines is 1. The molecule has 1 aliphatic rings. The summed E-state index contributed by atoms with van der Waals surface area (Å²) in [5.41, 5.74) is 1.02. The second-order valence-corrected chi connectivity index (χ2v) is 4.76. The molecule has 0 bridgehead atoms. The van der Waals surface area contributed by atoms with Crippen LogP contribution in [0.3, 0.4) is 0 Å². The van der Waals surface area contributed by atoms with Gasteiger partial charge in [0, 0.05) is 31.9 Å². The Bertz CT molecular complexity index is 387. The van der Waals surface area contributed by atoms with E-state index < -0.39 is 0 Å². The van der Waals surface area contributed by atoms with Crippen LogP contribution in [0.15, 0.2) is 25.0 Å². The van der Waals surface area contributed by atoms with E-state index in [1.807, 2.05) is 18.5 Å². The van der Waals surface area contributed by atoms with Crippen molar-refractivity contribution in [3.63, 3.8) is 0 Å². The van der Waals surface area contributed by atoms with Crippen LogP contribution in [0.2, 0.25) is 0 Å². The van der Waals surface area contributed by atoms with Gasteiger partial charge in [-0.3, -0.25) is 4.98 Å². The number of rotatable bonds is 8. The summed E-state index contributed by atoms with van der Waals surface area (Å²) in [7, 11) is 0. The fourth-order valence-corrected chi connectivity index (χ4v) is 1.89. The summed E-state index contributed by atoms with van der Waals surface area (Å²) in [6.45, 7) is 8.59. The Kier molecular flexibility index (Phi) is 4.70. The third-order valence-electron chi connectivity index (χ3n) is 2.99. The summed E-state index contributed by atoms with van der Waals surface area (Å²) >= 11 is 0. The first-order valence-corrected chi connectivity index (χ1v) is 6.73. The van der Waals surface area contributed by atoms with Gasteiger partial charge < -0.3 is 10.2 Å². The van der Waals surface area contributed by atoms with E-state index in [4.69, 9.17) is 0 Å². The van der Waals surface area contributed by atoms with E-state index in [2.05, 4.69) is 33.7 Å². The van der Waals surface area contributed by atoms with Gasteiger partial charge in [0.05, 0.1) is 11.9 Å². The van der Waals surface area contributed by atoms with Crippen LogP contribution in [0.5, 0.6) is 0 Å². The maximum atomic E-state index is 4.66. The Hall–Kier alpha value is -1.42. The van der Waals surface area contributed by atoms with Gasteiger partial charge >= 0.3 is 0 Å². The number of nitrogens with zero attached hydrogens (tertiary/aromatic N) is 3. The van der Waals surface area contributed by atoms with Crippen molar-refractivity contribution >= 4 is 5.82 Å². The van der Waals surface area contributed by atoms with Gasteiger partial charge in [-0.1, -0.05) is 13.0 Å². The zero-order valence-electron chi connectivity index (χ0n) is 11.1. The van der Waals surface area contributed by atoms with Crippen LogP contribution in [0.25, 0.3) is 0 Å². The largest absolute Gasteiger partial charge is 0.352 e. The molecule has 0 spiro atoms. The van der Waals surface area contributed by atoms with Crippen LogP contribution in [0, 0.1) is 0 Å². The van der Waals surface area contributed by atoms with Crippen molar-refractivity contribution in [2.24, 2.45) is 0 Å². The lowest BCUT2D eigenvalue weighted by atomic mass is 10.3. The summed E-state index contributed by atoms with van der Waals surface area (Å²) in [6.07, 6.45) is 9.28. The van der Waals surface area contributed by atoms with E-state index in [-0.39, 0.29) is 0 Å². The predicted octanol–water partition coefficient (Wildman–Crippen LogP) is 2.13. The average Bonchev–Trinajstić information content (AvgIpc) is 3.21. The molecule has 2 rings (SSSR count). The normalized spacial score (nSPS) is 14.5. The number of hydrogen-bond donors (Lipinski definition) is 1. The van der Waals surface area contributed by atoms with Gasteiger partial charge in [-0.05, 0) is 19.3 Å². The molecule has 98 valence electrons. The van der Waals surface area contributed by atoms with Crippen LogP contribution in [0.4, 0.5) is 5.82 Å². The first-order valence-electron chi connectivity index (χ1n) is 6.73. The second kappa shape index (κ2) is 6.50. The second-order valence-electron chi connectivity index (χ2n) is 4.76. The summed E-state index contributed by atoms with van der Waals surface area (Å²) in [6, 6.07) is 0.704. The van der Waals surface area contributed by atoms with E-state index in [0.717, 1.165) is 37.6 Å². The molecule has 1 N–H and O–H groups in total. The minimum Gasteiger partial charge on any atom is -0.352 e. The molecule has 1 aromatic rings. The molecule has 0 aromatic carbocycles. The molecule has 0 saturated heterocycles. The zero-order valence-corrected chi connectivity index (χ0v) is 11.1. The van der Waals surface area contributed by atoms with Crippen LogP contribution in [-0.4, -0.2) is 29.1 Å². The van der Waals surface area contributed by atoms with Crippen LogP contribution in [-0.2, 0) is 6.54 Å². The Morgan fingerprint density at radius 3 is 3.00 bits per heavy atom. The van der Waals surface area contributed by atoms with Gasteiger partial charge in [-0.25, -0.2) is 4.98 Å². The van der Waals surface area contributed by atoms with E-state index in [1.54, 1.807) is 0 Å². The lowest BCUT2D eigenvalue weighted by Gasteiger charge is -2.21. The first kappa shape index (κ1) is 13.0. The average molecular weight is 246 g/mol. The highest BCUT2D eigenvalue weighted by Crippen LogP contribution is 2.19. The van der Waals surface area contributed by atoms with Crippen LogP contribution < -0.4 is 10.2 Å². The third-order valence-corrected chi connectivity index (χ3v) is 2.99. The van der Waals surface area contributed by atoms with Gasteiger partial charge in [0.2, 0.25) is 0 Å². The Morgan fingerprint density at radius 2 is 2.33 bits per heavy atom. The molecule has 4 nitrogen and oxygen atoms in total. The third kappa shape index (κ3) is 3.81. The summed E-state index contributed by atoms with van der Waals surface area (Å²) in [5, 5.41) is 3.46. The summed E-state index contributed by atoms with van der Waals surface area (Å²) in [4.78, 5) is 11.2. The molecule has 0 radical (unpaired) electrons. The fourth-order valence-electron chi connectivity index (χ4n) is 1.89. The van der Waals surface area contributed by atoms with E-state index >= 15 is 0 Å². The molecule has 1 aliphatic carbocycles. The van der Waals surface area contributed by atoms with Crippen molar-refractivity contribution in [1.82, 2.24) is 15.3 Å². The fraction of sp³-hybridized carbons (Fsp3) is 0.571. The Balaban J connectivity index is 2.00. The van der Waals surface area contributed by atoms with Gasteiger partial charge in [-0.15, -0.1) is 6.58 Å². The Morgan fingerprint density at radius 1 is 1.50 bits per heavy atom. The molecule has 1 heterocycles. The quantitative estimate of drug-likeness (QED) is 0.713. The van der Waals surface area contributed by atoms with Crippen LogP contribution in [0.1, 0.15) is 31.9 Å². The van der Waals surface area contributed by atoms with Crippen molar-refractivity contribution in [3.05, 3.63) is 30.7 Å². The first-order chi connectivity index (χ1) is 8.83.